The highest BCUT2D eigenvalue weighted by Gasteiger charge is 2.37. The maximum absolute atomic E-state index is 10.1. The predicted molar refractivity (Wildman–Crippen MR) is 56.5 cm³/mol. The number of aliphatic hydroxyl groups is 1. The van der Waals surface area contributed by atoms with Crippen LogP contribution in [0.4, 0.5) is 0 Å². The molecule has 1 aliphatic carbocycles. The first kappa shape index (κ1) is 11.5. The summed E-state index contributed by atoms with van der Waals surface area (Å²) in [6, 6.07) is 2.21. The lowest BCUT2D eigenvalue weighted by atomic mass is 9.70. The third-order valence-electron chi connectivity index (χ3n) is 3.61. The van der Waals surface area contributed by atoms with Crippen LogP contribution in [0.3, 0.4) is 0 Å². The topological polar surface area (TPSA) is 44.0 Å². The Balaban J connectivity index is 2.68. The molecule has 0 amide bonds. The molecule has 1 rings (SSSR count). The van der Waals surface area contributed by atoms with E-state index >= 15 is 0 Å². The van der Waals surface area contributed by atoms with E-state index in [1.54, 1.807) is 0 Å². The molecule has 0 spiro atoms. The molecular formula is C12H21NO. The first-order chi connectivity index (χ1) is 6.49. The van der Waals surface area contributed by atoms with Crippen LogP contribution in [0.2, 0.25) is 0 Å². The number of nitriles is 1. The summed E-state index contributed by atoms with van der Waals surface area (Å²) in [5, 5.41) is 19.1. The van der Waals surface area contributed by atoms with Crippen molar-refractivity contribution in [1.29, 1.82) is 5.26 Å². The van der Waals surface area contributed by atoms with Crippen molar-refractivity contribution in [3.63, 3.8) is 0 Å². The number of rotatable bonds is 2. The Hall–Kier alpha value is -0.550. The lowest BCUT2D eigenvalue weighted by Gasteiger charge is -2.37. The third kappa shape index (κ3) is 2.27. The van der Waals surface area contributed by atoms with E-state index in [2.05, 4.69) is 13.0 Å². The fourth-order valence-electron chi connectivity index (χ4n) is 2.42. The Labute approximate surface area is 86.9 Å². The second-order valence-electron chi connectivity index (χ2n) is 5.20. The highest BCUT2D eigenvalue weighted by Crippen LogP contribution is 2.37. The summed E-state index contributed by atoms with van der Waals surface area (Å²) in [4.78, 5) is 0. The van der Waals surface area contributed by atoms with Crippen LogP contribution < -0.4 is 0 Å². The van der Waals surface area contributed by atoms with Crippen LogP contribution >= 0.6 is 0 Å². The minimum Gasteiger partial charge on any atom is -0.391 e. The van der Waals surface area contributed by atoms with Crippen LogP contribution in [0.25, 0.3) is 0 Å². The molecule has 1 aliphatic rings. The summed E-state index contributed by atoms with van der Waals surface area (Å²) in [6.45, 7) is 5.86. The molecule has 0 aromatic rings. The fraction of sp³-hybridized carbons (Fsp3) is 0.917. The van der Waals surface area contributed by atoms with Gasteiger partial charge in [0.15, 0.2) is 0 Å². The average molecular weight is 195 g/mol. The summed E-state index contributed by atoms with van der Waals surface area (Å²) in [7, 11) is 0. The third-order valence-corrected chi connectivity index (χ3v) is 3.61. The largest absolute Gasteiger partial charge is 0.391 e. The molecule has 0 aliphatic heterocycles. The Morgan fingerprint density at radius 3 is 2.43 bits per heavy atom. The van der Waals surface area contributed by atoms with Crippen LogP contribution in [-0.4, -0.2) is 11.2 Å². The number of aliphatic hydroxyl groups excluding tert-OH is 1. The van der Waals surface area contributed by atoms with Gasteiger partial charge in [0.2, 0.25) is 0 Å². The van der Waals surface area contributed by atoms with Crippen LogP contribution in [0, 0.1) is 28.6 Å². The predicted octanol–water partition coefficient (Wildman–Crippen LogP) is 2.72. The lowest BCUT2D eigenvalue weighted by molar-refractivity contribution is -0.00637. The molecule has 80 valence electrons. The minimum absolute atomic E-state index is 0.318. The highest BCUT2D eigenvalue weighted by atomic mass is 16.3. The van der Waals surface area contributed by atoms with Crippen molar-refractivity contribution in [2.75, 3.05) is 0 Å². The van der Waals surface area contributed by atoms with Gasteiger partial charge in [-0.1, -0.05) is 26.2 Å². The fourth-order valence-corrected chi connectivity index (χ4v) is 2.42. The van der Waals surface area contributed by atoms with Crippen molar-refractivity contribution in [3.8, 4) is 6.07 Å². The monoisotopic (exact) mass is 195 g/mol. The molecule has 3 atom stereocenters. The van der Waals surface area contributed by atoms with Crippen molar-refractivity contribution in [3.05, 3.63) is 0 Å². The van der Waals surface area contributed by atoms with Crippen LogP contribution in [0.15, 0.2) is 0 Å². The van der Waals surface area contributed by atoms with Gasteiger partial charge < -0.3 is 5.11 Å². The normalized spacial score (nSPS) is 30.8. The molecule has 2 heteroatoms. The molecule has 0 heterocycles. The Morgan fingerprint density at radius 2 is 1.93 bits per heavy atom. The zero-order valence-corrected chi connectivity index (χ0v) is 9.45. The SMILES string of the molecule is CC1CCCCC1C(O)C(C)(C)C#N. The van der Waals surface area contributed by atoms with E-state index in [1.165, 1.54) is 19.3 Å². The van der Waals surface area contributed by atoms with Crippen molar-refractivity contribution in [2.24, 2.45) is 17.3 Å². The summed E-state index contributed by atoms with van der Waals surface area (Å²) >= 11 is 0. The van der Waals surface area contributed by atoms with E-state index in [0.717, 1.165) is 6.42 Å². The number of hydrogen-bond donors (Lipinski definition) is 1. The molecule has 3 unspecified atom stereocenters. The van der Waals surface area contributed by atoms with E-state index < -0.39 is 11.5 Å². The van der Waals surface area contributed by atoms with Crippen molar-refractivity contribution < 1.29 is 5.11 Å². The Bertz CT molecular complexity index is 229. The van der Waals surface area contributed by atoms with E-state index in [9.17, 15) is 5.11 Å². The average Bonchev–Trinajstić information content (AvgIpc) is 2.17. The highest BCUT2D eigenvalue weighted by molar-refractivity contribution is 5.00. The van der Waals surface area contributed by atoms with E-state index in [4.69, 9.17) is 5.26 Å². The molecule has 0 aromatic carbocycles. The van der Waals surface area contributed by atoms with Gasteiger partial charge in [0.25, 0.3) is 0 Å². The summed E-state index contributed by atoms with van der Waals surface area (Å²) in [5.74, 6) is 0.879. The molecular weight excluding hydrogens is 174 g/mol. The van der Waals surface area contributed by atoms with Crippen molar-refractivity contribution in [2.45, 2.75) is 52.6 Å². The number of nitrogens with zero attached hydrogens (tertiary/aromatic N) is 1. The second kappa shape index (κ2) is 4.31. The second-order valence-corrected chi connectivity index (χ2v) is 5.20. The Kier molecular flexibility index (Phi) is 3.55. The van der Waals surface area contributed by atoms with Gasteiger partial charge in [-0.2, -0.15) is 5.26 Å². The van der Waals surface area contributed by atoms with E-state index in [1.807, 2.05) is 13.8 Å². The van der Waals surface area contributed by atoms with E-state index in [-0.39, 0.29) is 0 Å². The van der Waals surface area contributed by atoms with Gasteiger partial charge in [-0.05, 0) is 32.1 Å². The van der Waals surface area contributed by atoms with Gasteiger partial charge in [-0.3, -0.25) is 0 Å². The quantitative estimate of drug-likeness (QED) is 0.736. The van der Waals surface area contributed by atoms with E-state index in [0.29, 0.717) is 11.8 Å². The Morgan fingerprint density at radius 1 is 1.36 bits per heavy atom. The molecule has 1 fully saturated rings. The van der Waals surface area contributed by atoms with Crippen LogP contribution in [0.5, 0.6) is 0 Å². The van der Waals surface area contributed by atoms with Crippen molar-refractivity contribution >= 4 is 0 Å². The molecule has 0 aromatic heterocycles. The maximum atomic E-state index is 10.1. The first-order valence-electron chi connectivity index (χ1n) is 5.58. The molecule has 1 N–H and O–H groups in total. The molecule has 0 bridgehead atoms. The summed E-state index contributed by atoms with van der Waals surface area (Å²) in [5.41, 5.74) is -0.601. The van der Waals surface area contributed by atoms with Crippen LogP contribution in [-0.2, 0) is 0 Å². The number of hydrogen-bond acceptors (Lipinski definition) is 2. The zero-order chi connectivity index (χ0) is 10.8. The van der Waals surface area contributed by atoms with Gasteiger partial charge in [0.1, 0.15) is 0 Å². The maximum Gasteiger partial charge on any atom is 0.0779 e. The molecule has 2 nitrogen and oxygen atoms in total. The molecule has 1 saturated carbocycles. The van der Waals surface area contributed by atoms with Gasteiger partial charge in [-0.25, -0.2) is 0 Å². The van der Waals surface area contributed by atoms with Gasteiger partial charge in [0.05, 0.1) is 17.6 Å². The van der Waals surface area contributed by atoms with Gasteiger partial charge in [-0.15, -0.1) is 0 Å². The minimum atomic E-state index is -0.601. The summed E-state index contributed by atoms with van der Waals surface area (Å²) < 4.78 is 0. The lowest BCUT2D eigenvalue weighted by Crippen LogP contribution is -2.39. The molecule has 0 saturated heterocycles. The smallest absolute Gasteiger partial charge is 0.0779 e. The molecule has 0 radical (unpaired) electrons. The van der Waals surface area contributed by atoms with Crippen LogP contribution in [0.1, 0.15) is 46.5 Å². The van der Waals surface area contributed by atoms with Gasteiger partial charge >= 0.3 is 0 Å². The standard InChI is InChI=1S/C12H21NO/c1-9-6-4-5-7-10(9)11(14)12(2,3)8-13/h9-11,14H,4-7H2,1-3H3. The zero-order valence-electron chi connectivity index (χ0n) is 9.45. The molecule has 14 heavy (non-hydrogen) atoms. The van der Waals surface area contributed by atoms with Gasteiger partial charge in [0, 0.05) is 0 Å². The summed E-state index contributed by atoms with van der Waals surface area (Å²) in [6.07, 6.45) is 4.28. The first-order valence-corrected chi connectivity index (χ1v) is 5.58. The van der Waals surface area contributed by atoms with Crippen molar-refractivity contribution in [1.82, 2.24) is 0 Å².